The second-order valence-corrected chi connectivity index (χ2v) is 6.73. The number of halogens is 4. The van der Waals surface area contributed by atoms with Crippen molar-refractivity contribution in [2.24, 2.45) is 0 Å². The zero-order chi connectivity index (χ0) is 19.9. The molecule has 10 heteroatoms. The number of carbonyl (C=O) groups excluding carboxylic acids is 1. The van der Waals surface area contributed by atoms with E-state index in [1.807, 2.05) is 0 Å². The molecule has 0 N–H and O–H groups in total. The highest BCUT2D eigenvalue weighted by Crippen LogP contribution is 2.36. The van der Waals surface area contributed by atoms with Gasteiger partial charge in [0.15, 0.2) is 17.3 Å². The number of thiazole rings is 1. The van der Waals surface area contributed by atoms with E-state index in [1.54, 1.807) is 13.8 Å². The molecule has 0 unspecified atom stereocenters. The lowest BCUT2D eigenvalue weighted by atomic mass is 10.2. The summed E-state index contributed by atoms with van der Waals surface area (Å²) in [7, 11) is 0. The number of carbonyl (C=O) groups is 1. The van der Waals surface area contributed by atoms with Gasteiger partial charge in [0.05, 0.1) is 11.6 Å². The van der Waals surface area contributed by atoms with E-state index in [9.17, 15) is 27.2 Å². The highest BCUT2D eigenvalue weighted by Gasteiger charge is 2.35. The Morgan fingerprint density at radius 1 is 1.33 bits per heavy atom. The molecule has 0 radical (unpaired) electrons. The topological polar surface area (TPSA) is 60.7 Å². The second kappa shape index (κ2) is 6.76. The number of alkyl halides is 3. The fourth-order valence-corrected chi connectivity index (χ4v) is 3.50. The number of Topliss-reactive ketones (excluding diaryl/α,β-unsaturated/α-hetero) is 1. The van der Waals surface area contributed by atoms with Gasteiger partial charge in [0, 0.05) is 11.3 Å². The average Bonchev–Trinajstić information content (AvgIpc) is 2.91. The number of fused-ring (bicyclic) bond motifs is 1. The van der Waals surface area contributed by atoms with Crippen molar-refractivity contribution in [2.45, 2.75) is 26.4 Å². The third kappa shape index (κ3) is 3.44. The first-order valence-corrected chi connectivity index (χ1v) is 8.55. The van der Waals surface area contributed by atoms with Crippen molar-refractivity contribution < 1.29 is 27.1 Å². The maximum Gasteiger partial charge on any atom is 0.419 e. The zero-order valence-electron chi connectivity index (χ0n) is 14.1. The molecule has 0 aliphatic heterocycles. The summed E-state index contributed by atoms with van der Waals surface area (Å²) in [5, 5.41) is 0. The number of aromatic nitrogens is 2. The summed E-state index contributed by atoms with van der Waals surface area (Å²) in [6, 6.07) is 3.46. The van der Waals surface area contributed by atoms with Crippen LogP contribution in [-0.2, 0) is 6.18 Å². The summed E-state index contributed by atoms with van der Waals surface area (Å²) < 4.78 is 58.7. The summed E-state index contributed by atoms with van der Waals surface area (Å²) >= 11 is 1.05. The van der Waals surface area contributed by atoms with Crippen LogP contribution in [0.25, 0.3) is 4.96 Å². The molecule has 0 aliphatic carbocycles. The Labute approximate surface area is 153 Å². The summed E-state index contributed by atoms with van der Waals surface area (Å²) in [5.74, 6) is -2.93. The van der Waals surface area contributed by atoms with Crippen LogP contribution in [0.15, 0.2) is 29.1 Å². The maximum absolute atomic E-state index is 14.1. The fourth-order valence-electron chi connectivity index (χ4n) is 2.52. The minimum atomic E-state index is -4.89. The van der Waals surface area contributed by atoms with Crippen LogP contribution in [0.3, 0.4) is 0 Å². The standard InChI is InChI=1S/C17H12F4N2O3S/c1-3-10(24)15-8(2)27-16-22-12(7-13(25)23(15)16)26-11-6-4-5-9(14(11)18)17(19,20)21/h4-7H,3H2,1-2H3. The number of hydrogen-bond acceptors (Lipinski definition) is 5. The van der Waals surface area contributed by atoms with Gasteiger partial charge in [-0.2, -0.15) is 18.2 Å². The molecular formula is C17H12F4N2O3S. The monoisotopic (exact) mass is 400 g/mol. The molecule has 0 spiro atoms. The number of hydrogen-bond donors (Lipinski definition) is 0. The molecule has 5 nitrogen and oxygen atoms in total. The van der Waals surface area contributed by atoms with Crippen LogP contribution >= 0.6 is 11.3 Å². The summed E-state index contributed by atoms with van der Waals surface area (Å²) in [6.45, 7) is 3.30. The molecule has 0 aliphatic rings. The Bertz CT molecular complexity index is 1100. The summed E-state index contributed by atoms with van der Waals surface area (Å²) in [6.07, 6.45) is -4.70. The normalized spacial score (nSPS) is 11.8. The van der Waals surface area contributed by atoms with Gasteiger partial charge in [0.2, 0.25) is 10.8 Å². The lowest BCUT2D eigenvalue weighted by Crippen LogP contribution is -2.18. The number of aryl methyl sites for hydroxylation is 1. The van der Waals surface area contributed by atoms with E-state index in [0.29, 0.717) is 10.9 Å². The van der Waals surface area contributed by atoms with Crippen LogP contribution in [0.5, 0.6) is 11.6 Å². The molecule has 0 atom stereocenters. The molecule has 3 aromatic rings. The zero-order valence-corrected chi connectivity index (χ0v) is 14.9. The third-order valence-corrected chi connectivity index (χ3v) is 4.69. The van der Waals surface area contributed by atoms with E-state index >= 15 is 0 Å². The number of benzene rings is 1. The van der Waals surface area contributed by atoms with Gasteiger partial charge in [0.1, 0.15) is 5.69 Å². The van der Waals surface area contributed by atoms with Gasteiger partial charge in [0.25, 0.3) is 5.56 Å². The average molecular weight is 400 g/mol. The molecule has 142 valence electrons. The van der Waals surface area contributed by atoms with Gasteiger partial charge in [-0.05, 0) is 19.1 Å². The van der Waals surface area contributed by atoms with Crippen molar-refractivity contribution in [2.75, 3.05) is 0 Å². The minimum absolute atomic E-state index is 0.124. The summed E-state index contributed by atoms with van der Waals surface area (Å²) in [5.41, 5.74) is -1.93. The molecule has 0 amide bonds. The molecule has 0 fully saturated rings. The molecule has 0 saturated carbocycles. The Kier molecular flexibility index (Phi) is 4.77. The van der Waals surface area contributed by atoms with Crippen LogP contribution in [0.1, 0.15) is 34.3 Å². The predicted octanol–water partition coefficient (Wildman–Crippen LogP) is 4.61. The van der Waals surface area contributed by atoms with E-state index < -0.39 is 28.9 Å². The number of nitrogens with zero attached hydrogens (tertiary/aromatic N) is 2. The number of rotatable bonds is 4. The highest BCUT2D eigenvalue weighted by molar-refractivity contribution is 7.17. The molecule has 2 aromatic heterocycles. The van der Waals surface area contributed by atoms with Crippen LogP contribution in [-0.4, -0.2) is 15.2 Å². The first kappa shape index (κ1) is 19.0. The van der Waals surface area contributed by atoms with Gasteiger partial charge in [-0.3, -0.25) is 9.59 Å². The second-order valence-electron chi connectivity index (χ2n) is 5.55. The van der Waals surface area contributed by atoms with Crippen molar-refractivity contribution in [1.82, 2.24) is 9.38 Å². The van der Waals surface area contributed by atoms with Crippen molar-refractivity contribution in [3.8, 4) is 11.6 Å². The minimum Gasteiger partial charge on any atom is -0.436 e. The number of ether oxygens (including phenoxy) is 1. The quantitative estimate of drug-likeness (QED) is 0.474. The first-order chi connectivity index (χ1) is 12.6. The van der Waals surface area contributed by atoms with E-state index in [1.165, 1.54) is 0 Å². The van der Waals surface area contributed by atoms with E-state index in [-0.39, 0.29) is 28.7 Å². The lowest BCUT2D eigenvalue weighted by Gasteiger charge is -2.11. The van der Waals surface area contributed by atoms with Crippen molar-refractivity contribution in [3.05, 3.63) is 56.6 Å². The Morgan fingerprint density at radius 2 is 2.04 bits per heavy atom. The van der Waals surface area contributed by atoms with Crippen molar-refractivity contribution in [3.63, 3.8) is 0 Å². The lowest BCUT2D eigenvalue weighted by molar-refractivity contribution is -0.140. The Hall–Kier alpha value is -2.75. The third-order valence-electron chi connectivity index (χ3n) is 3.73. The van der Waals surface area contributed by atoms with Crippen LogP contribution < -0.4 is 10.3 Å². The Morgan fingerprint density at radius 3 is 2.67 bits per heavy atom. The van der Waals surface area contributed by atoms with E-state index in [0.717, 1.165) is 33.9 Å². The molecule has 2 heterocycles. The molecule has 1 aromatic carbocycles. The molecule has 27 heavy (non-hydrogen) atoms. The van der Waals surface area contributed by atoms with Crippen molar-refractivity contribution >= 4 is 22.1 Å². The molecule has 0 saturated heterocycles. The van der Waals surface area contributed by atoms with Crippen LogP contribution in [0, 0.1) is 12.7 Å². The summed E-state index contributed by atoms with van der Waals surface area (Å²) in [4.78, 5) is 29.1. The predicted molar refractivity (Wildman–Crippen MR) is 90.2 cm³/mol. The van der Waals surface area contributed by atoms with E-state index in [2.05, 4.69) is 4.98 Å². The van der Waals surface area contributed by atoms with E-state index in [4.69, 9.17) is 4.74 Å². The van der Waals surface area contributed by atoms with Gasteiger partial charge >= 0.3 is 6.18 Å². The fraction of sp³-hybridized carbons (Fsp3) is 0.235. The molecule has 3 rings (SSSR count). The number of ketones is 1. The molecule has 0 bridgehead atoms. The maximum atomic E-state index is 14.1. The smallest absolute Gasteiger partial charge is 0.419 e. The highest BCUT2D eigenvalue weighted by atomic mass is 32.1. The van der Waals surface area contributed by atoms with Crippen LogP contribution in [0.2, 0.25) is 0 Å². The van der Waals surface area contributed by atoms with Gasteiger partial charge in [-0.25, -0.2) is 8.79 Å². The van der Waals surface area contributed by atoms with Gasteiger partial charge < -0.3 is 4.74 Å². The molecular weight excluding hydrogens is 388 g/mol. The Balaban J connectivity index is 2.08. The largest absolute Gasteiger partial charge is 0.436 e. The van der Waals surface area contributed by atoms with Gasteiger partial charge in [-0.1, -0.05) is 13.0 Å². The SMILES string of the molecule is CCC(=O)c1c(C)sc2nc(Oc3cccc(C(F)(F)F)c3F)cc(=O)n12. The van der Waals surface area contributed by atoms with Gasteiger partial charge in [-0.15, -0.1) is 11.3 Å². The van der Waals surface area contributed by atoms with Crippen LogP contribution in [0.4, 0.5) is 17.6 Å². The van der Waals surface area contributed by atoms with Crippen molar-refractivity contribution in [1.29, 1.82) is 0 Å². The first-order valence-electron chi connectivity index (χ1n) is 7.73.